The first-order valence-electron chi connectivity index (χ1n) is 13.0. The van der Waals surface area contributed by atoms with Crippen molar-refractivity contribution in [1.82, 2.24) is 29.9 Å². The summed E-state index contributed by atoms with van der Waals surface area (Å²) in [5.74, 6) is -0.0772. The van der Waals surface area contributed by atoms with Gasteiger partial charge in [-0.2, -0.15) is 0 Å². The van der Waals surface area contributed by atoms with Crippen LogP contribution in [0.3, 0.4) is 0 Å². The van der Waals surface area contributed by atoms with Gasteiger partial charge in [0.05, 0.1) is 10.0 Å². The van der Waals surface area contributed by atoms with Gasteiger partial charge in [0.25, 0.3) is 11.8 Å². The number of amides is 2. The molecule has 2 amide bonds. The average molecular weight is 645 g/mol. The highest BCUT2D eigenvalue weighted by atomic mass is 35.5. The largest absolute Gasteiger partial charge is 0.516 e. The first-order valence-corrected chi connectivity index (χ1v) is 13.7. The van der Waals surface area contributed by atoms with Crippen molar-refractivity contribution in [2.75, 3.05) is 9.80 Å². The second-order valence-electron chi connectivity index (χ2n) is 9.11. The Morgan fingerprint density at radius 3 is 1.80 bits per heavy atom. The van der Waals surface area contributed by atoms with E-state index in [2.05, 4.69) is 29.9 Å². The molecule has 6 heterocycles. The van der Waals surface area contributed by atoms with Crippen LogP contribution in [0, 0.1) is 0 Å². The number of aliphatic hydroxyl groups excluding tert-OH is 1. The summed E-state index contributed by atoms with van der Waals surface area (Å²) in [6.45, 7) is 0. The molecule has 45 heavy (non-hydrogen) atoms. The van der Waals surface area contributed by atoms with Gasteiger partial charge in [-0.1, -0.05) is 41.4 Å². The van der Waals surface area contributed by atoms with Crippen molar-refractivity contribution in [3.05, 3.63) is 125 Å². The number of hydrogen-bond acceptors (Lipinski definition) is 12. The zero-order chi connectivity index (χ0) is 31.5. The van der Waals surface area contributed by atoms with Crippen molar-refractivity contribution in [1.29, 1.82) is 0 Å². The van der Waals surface area contributed by atoms with E-state index in [1.807, 2.05) is 0 Å². The number of anilines is 2. The molecule has 5 aromatic rings. The molecule has 4 aromatic heterocycles. The van der Waals surface area contributed by atoms with Crippen LogP contribution in [0.25, 0.3) is 0 Å². The maximum Gasteiger partial charge on any atom is 0.516 e. The summed E-state index contributed by atoms with van der Waals surface area (Å²) >= 11 is 11.6. The topological polar surface area (TPSA) is 174 Å². The molecule has 0 aliphatic carbocycles. The van der Waals surface area contributed by atoms with Crippen LogP contribution in [0.4, 0.5) is 16.4 Å². The zero-order valence-corrected chi connectivity index (χ0v) is 24.1. The van der Waals surface area contributed by atoms with Gasteiger partial charge in [-0.15, -0.1) is 0 Å². The van der Waals surface area contributed by atoms with Crippen molar-refractivity contribution in [3.63, 3.8) is 0 Å². The highest BCUT2D eigenvalue weighted by Gasteiger charge is 2.44. The van der Waals surface area contributed by atoms with Crippen molar-refractivity contribution in [3.8, 4) is 5.75 Å². The molecule has 0 fully saturated rings. The third kappa shape index (κ3) is 5.97. The number of fused-ring (bicyclic) bond motifs is 2. The van der Waals surface area contributed by atoms with Crippen LogP contribution < -0.4 is 14.5 Å². The van der Waals surface area contributed by atoms with Crippen LogP contribution >= 0.6 is 23.2 Å². The maximum absolute atomic E-state index is 12.8. The van der Waals surface area contributed by atoms with E-state index in [1.54, 1.807) is 48.5 Å². The number of pyridine rings is 2. The molecular formula is C29H18Cl2N8O6. The minimum atomic E-state index is -1.17. The smallest absolute Gasteiger partial charge is 0.403 e. The predicted octanol–water partition coefficient (Wildman–Crippen LogP) is 4.58. The molecule has 0 saturated heterocycles. The van der Waals surface area contributed by atoms with E-state index in [0.29, 0.717) is 21.6 Å². The number of carbonyl (C=O) groups excluding carboxylic acids is 3. The molecule has 2 unspecified atom stereocenters. The van der Waals surface area contributed by atoms with Gasteiger partial charge in [0, 0.05) is 37.2 Å². The van der Waals surface area contributed by atoms with Crippen LogP contribution in [0.5, 0.6) is 5.75 Å². The van der Waals surface area contributed by atoms with Gasteiger partial charge in [-0.3, -0.25) is 24.5 Å². The highest BCUT2D eigenvalue weighted by Crippen LogP contribution is 2.36. The molecular weight excluding hydrogens is 627 g/mol. The van der Waals surface area contributed by atoms with Crippen LogP contribution in [-0.2, 0) is 4.74 Å². The minimum Gasteiger partial charge on any atom is -0.403 e. The van der Waals surface area contributed by atoms with Crippen LogP contribution in [0.2, 0.25) is 10.0 Å². The third-order valence-electron chi connectivity index (χ3n) is 6.32. The standard InChI is InChI=1S/C18H11ClN4O4.C11H7ClN4O2/c19-11-6-7-13(22-10-11)23-16(24)14-15(21-9-8-20-14)17(23)27-18(25)26-12-4-2-1-3-5-12;12-6-1-2-7(15-5-6)16-10(17)8-9(11(16)18)14-4-3-13-8/h1-10,17H;1-5,10,17H. The van der Waals surface area contributed by atoms with Crippen molar-refractivity contribution >= 4 is 52.8 Å². The number of carbonyl (C=O) groups is 3. The van der Waals surface area contributed by atoms with Crippen LogP contribution in [0.1, 0.15) is 44.8 Å². The second kappa shape index (κ2) is 12.6. The molecule has 2 aliphatic rings. The molecule has 0 radical (unpaired) electrons. The quantitative estimate of drug-likeness (QED) is 0.213. The van der Waals surface area contributed by atoms with Gasteiger partial charge >= 0.3 is 6.16 Å². The molecule has 7 rings (SSSR count). The molecule has 2 aliphatic heterocycles. The van der Waals surface area contributed by atoms with E-state index in [0.717, 1.165) is 4.90 Å². The van der Waals surface area contributed by atoms with E-state index in [-0.39, 0.29) is 28.6 Å². The van der Waals surface area contributed by atoms with E-state index >= 15 is 0 Å². The summed E-state index contributed by atoms with van der Waals surface area (Å²) in [6, 6.07) is 14.7. The lowest BCUT2D eigenvalue weighted by atomic mass is 10.3. The number of aliphatic hydroxyl groups is 1. The summed E-state index contributed by atoms with van der Waals surface area (Å²) in [7, 11) is 0. The highest BCUT2D eigenvalue weighted by molar-refractivity contribution is 6.30. The molecule has 1 N–H and O–H groups in total. The number of rotatable bonds is 4. The Morgan fingerprint density at radius 2 is 1.22 bits per heavy atom. The normalized spacial score (nSPS) is 16.4. The molecule has 224 valence electrons. The van der Waals surface area contributed by atoms with Gasteiger partial charge in [-0.25, -0.2) is 29.6 Å². The summed E-state index contributed by atoms with van der Waals surface area (Å²) in [4.78, 5) is 63.5. The lowest BCUT2D eigenvalue weighted by molar-refractivity contribution is 0.0555. The third-order valence-corrected chi connectivity index (χ3v) is 6.77. The number of nitrogens with zero attached hydrogens (tertiary/aromatic N) is 8. The lowest BCUT2D eigenvalue weighted by Gasteiger charge is -2.22. The van der Waals surface area contributed by atoms with Crippen LogP contribution in [-0.4, -0.2) is 53.0 Å². The number of halogens is 2. The fourth-order valence-corrected chi connectivity index (χ4v) is 4.59. The second-order valence-corrected chi connectivity index (χ2v) is 9.98. The predicted molar refractivity (Wildman–Crippen MR) is 157 cm³/mol. The SMILES string of the molecule is O=C(Oc1ccccc1)OC1c2nccnc2C(=O)N1c1ccc(Cl)cn1.O=C1c2nccnc2C(O)N1c1ccc(Cl)cn1. The number of benzene rings is 1. The van der Waals surface area contributed by atoms with Crippen molar-refractivity contribution in [2.24, 2.45) is 0 Å². The lowest BCUT2D eigenvalue weighted by Crippen LogP contribution is -2.32. The van der Waals surface area contributed by atoms with Gasteiger partial charge in [0.15, 0.2) is 17.6 Å². The molecule has 0 saturated carbocycles. The fraction of sp³-hybridized carbons (Fsp3) is 0.0690. The number of para-hydroxylation sites is 1. The zero-order valence-electron chi connectivity index (χ0n) is 22.6. The summed E-state index contributed by atoms with van der Waals surface area (Å²) < 4.78 is 10.5. The van der Waals surface area contributed by atoms with Gasteiger partial charge in [0.2, 0.25) is 6.23 Å². The Bertz CT molecular complexity index is 1880. The van der Waals surface area contributed by atoms with E-state index < -0.39 is 30.4 Å². The molecule has 0 spiro atoms. The monoisotopic (exact) mass is 644 g/mol. The summed E-state index contributed by atoms with van der Waals surface area (Å²) in [5.41, 5.74) is 0.650. The Morgan fingerprint density at radius 1 is 0.689 bits per heavy atom. The summed E-state index contributed by atoms with van der Waals surface area (Å²) in [5, 5.41) is 10.9. The van der Waals surface area contributed by atoms with Gasteiger partial charge in [0.1, 0.15) is 28.8 Å². The molecule has 16 heteroatoms. The number of hydrogen-bond donors (Lipinski definition) is 1. The Balaban J connectivity index is 0.000000172. The molecule has 14 nitrogen and oxygen atoms in total. The Hall–Kier alpha value is -5.57. The van der Waals surface area contributed by atoms with Crippen molar-refractivity contribution in [2.45, 2.75) is 12.5 Å². The van der Waals surface area contributed by atoms with Gasteiger partial charge in [-0.05, 0) is 36.4 Å². The average Bonchev–Trinajstić information content (AvgIpc) is 3.48. The fourth-order valence-electron chi connectivity index (χ4n) is 4.37. The summed E-state index contributed by atoms with van der Waals surface area (Å²) in [6.07, 6.45) is 5.08. The first-order chi connectivity index (χ1) is 21.8. The molecule has 2 atom stereocenters. The number of ether oxygens (including phenoxy) is 2. The minimum absolute atomic E-state index is 0.0757. The van der Waals surface area contributed by atoms with Crippen LogP contribution in [0.15, 0.2) is 91.8 Å². The van der Waals surface area contributed by atoms with Crippen molar-refractivity contribution < 1.29 is 29.0 Å². The van der Waals surface area contributed by atoms with Gasteiger partial charge < -0.3 is 14.6 Å². The Kier molecular flexibility index (Phi) is 8.24. The maximum atomic E-state index is 12.8. The Labute approximate surface area is 263 Å². The number of aromatic nitrogens is 6. The van der Waals surface area contributed by atoms with E-state index in [9.17, 15) is 19.5 Å². The molecule has 0 bridgehead atoms. The van der Waals surface area contributed by atoms with E-state index in [1.165, 1.54) is 48.1 Å². The van der Waals surface area contributed by atoms with E-state index in [4.69, 9.17) is 32.7 Å². The molecule has 1 aromatic carbocycles. The first kappa shape index (κ1) is 29.5.